The summed E-state index contributed by atoms with van der Waals surface area (Å²) in [6, 6.07) is 6.25. The zero-order chi connectivity index (χ0) is 19.2. The molecule has 1 aromatic carbocycles. The van der Waals surface area contributed by atoms with E-state index in [9.17, 15) is 13.2 Å². The Labute approximate surface area is 157 Å². The van der Waals surface area contributed by atoms with Crippen molar-refractivity contribution in [2.24, 2.45) is 0 Å². The fraction of sp³-hybridized carbons (Fsp3) is 0.632. The third kappa shape index (κ3) is 5.28. The molecule has 0 aromatic heterocycles. The van der Waals surface area contributed by atoms with Crippen molar-refractivity contribution < 1.29 is 17.9 Å². The summed E-state index contributed by atoms with van der Waals surface area (Å²) in [4.78, 5) is 12.6. The second-order valence-electron chi connectivity index (χ2n) is 6.70. The zero-order valence-electron chi connectivity index (χ0n) is 15.9. The number of rotatable bonds is 9. The van der Waals surface area contributed by atoms with Gasteiger partial charge in [0, 0.05) is 31.3 Å². The first-order valence-electron chi connectivity index (χ1n) is 9.41. The molecule has 26 heavy (non-hydrogen) atoms. The minimum Gasteiger partial charge on any atom is -0.378 e. The average Bonchev–Trinajstić information content (AvgIpc) is 3.14. The van der Waals surface area contributed by atoms with E-state index in [1.165, 1.54) is 16.4 Å². The number of nitrogens with zero attached hydrogens (tertiary/aromatic N) is 1. The van der Waals surface area contributed by atoms with Crippen LogP contribution in [0.2, 0.25) is 0 Å². The standard InChI is InChI=1S/C19H30N2O4S/c1-4-21(5-2)26(23,24)18-10-6-8-16(14-18)19(22)20-15(3)11-12-17-9-7-13-25-17/h6,8,10,14-15,17H,4-5,7,9,11-13H2,1-3H3,(H,20,22)/t15-,17+/m1/s1. The van der Waals surface area contributed by atoms with E-state index in [1.54, 1.807) is 26.0 Å². The molecule has 0 saturated carbocycles. The van der Waals surface area contributed by atoms with Gasteiger partial charge in [0.15, 0.2) is 0 Å². The maximum atomic E-state index is 12.6. The zero-order valence-corrected chi connectivity index (χ0v) is 16.7. The van der Waals surface area contributed by atoms with Crippen molar-refractivity contribution in [1.29, 1.82) is 0 Å². The van der Waals surface area contributed by atoms with Crippen molar-refractivity contribution in [3.05, 3.63) is 29.8 Å². The minimum absolute atomic E-state index is 0.00902. The lowest BCUT2D eigenvalue weighted by molar-refractivity contribution is 0.0899. The molecule has 1 N–H and O–H groups in total. The highest BCUT2D eigenvalue weighted by atomic mass is 32.2. The Kier molecular flexibility index (Phi) is 7.61. The first kappa shape index (κ1) is 20.9. The number of sulfonamides is 1. The second kappa shape index (κ2) is 9.48. The monoisotopic (exact) mass is 382 g/mol. The Hall–Kier alpha value is -1.44. The maximum absolute atomic E-state index is 12.6. The van der Waals surface area contributed by atoms with Crippen molar-refractivity contribution >= 4 is 15.9 Å². The van der Waals surface area contributed by atoms with Gasteiger partial charge in [-0.25, -0.2) is 8.42 Å². The van der Waals surface area contributed by atoms with Crippen LogP contribution in [0.1, 0.15) is 56.8 Å². The van der Waals surface area contributed by atoms with Crippen molar-refractivity contribution in [2.45, 2.75) is 63.5 Å². The van der Waals surface area contributed by atoms with Gasteiger partial charge < -0.3 is 10.1 Å². The Morgan fingerprint density at radius 3 is 2.69 bits per heavy atom. The van der Waals surface area contributed by atoms with Gasteiger partial charge in [0.05, 0.1) is 11.0 Å². The molecule has 2 atom stereocenters. The van der Waals surface area contributed by atoms with E-state index in [1.807, 2.05) is 6.92 Å². The minimum atomic E-state index is -3.57. The Bertz CT molecular complexity index is 695. The molecule has 1 amide bonds. The van der Waals surface area contributed by atoms with E-state index < -0.39 is 10.0 Å². The van der Waals surface area contributed by atoms with Gasteiger partial charge in [-0.3, -0.25) is 4.79 Å². The molecule has 0 radical (unpaired) electrons. The van der Waals surface area contributed by atoms with Crippen LogP contribution in [0.4, 0.5) is 0 Å². The van der Waals surface area contributed by atoms with Crippen molar-refractivity contribution in [3.63, 3.8) is 0 Å². The fourth-order valence-electron chi connectivity index (χ4n) is 3.20. The highest BCUT2D eigenvalue weighted by Crippen LogP contribution is 2.19. The molecule has 0 aliphatic carbocycles. The molecule has 0 bridgehead atoms. The molecular formula is C19H30N2O4S. The van der Waals surface area contributed by atoms with Crippen molar-refractivity contribution in [3.8, 4) is 0 Å². The van der Waals surface area contributed by atoms with Crippen LogP contribution in [0.5, 0.6) is 0 Å². The number of benzene rings is 1. The predicted octanol–water partition coefficient (Wildman–Crippen LogP) is 2.79. The third-order valence-corrected chi connectivity index (χ3v) is 6.81. The van der Waals surface area contributed by atoms with E-state index in [-0.39, 0.29) is 16.8 Å². The van der Waals surface area contributed by atoms with Crippen molar-refractivity contribution in [1.82, 2.24) is 9.62 Å². The number of nitrogens with one attached hydrogen (secondary N) is 1. The van der Waals surface area contributed by atoms with Crippen LogP contribution in [0.25, 0.3) is 0 Å². The van der Waals surface area contributed by atoms with Crippen LogP contribution < -0.4 is 5.32 Å². The predicted molar refractivity (Wildman–Crippen MR) is 102 cm³/mol. The molecular weight excluding hydrogens is 352 g/mol. The molecule has 1 fully saturated rings. The van der Waals surface area contributed by atoms with Crippen LogP contribution >= 0.6 is 0 Å². The highest BCUT2D eigenvalue weighted by molar-refractivity contribution is 7.89. The molecule has 2 rings (SSSR count). The number of carbonyl (C=O) groups excluding carboxylic acids is 1. The summed E-state index contributed by atoms with van der Waals surface area (Å²) in [5, 5.41) is 2.95. The van der Waals surface area contributed by atoms with Gasteiger partial charge in [0.2, 0.25) is 10.0 Å². The number of ether oxygens (including phenoxy) is 1. The van der Waals surface area contributed by atoms with Crippen LogP contribution in [0, 0.1) is 0 Å². The van der Waals surface area contributed by atoms with E-state index in [2.05, 4.69) is 5.32 Å². The van der Waals surface area contributed by atoms with E-state index >= 15 is 0 Å². The highest BCUT2D eigenvalue weighted by Gasteiger charge is 2.23. The summed E-state index contributed by atoms with van der Waals surface area (Å²) >= 11 is 0. The van der Waals surface area contributed by atoms with Gasteiger partial charge in [0.25, 0.3) is 5.91 Å². The molecule has 1 heterocycles. The molecule has 1 aliphatic heterocycles. The average molecular weight is 383 g/mol. The molecule has 0 spiro atoms. The number of amides is 1. The summed E-state index contributed by atoms with van der Waals surface area (Å²) in [6.45, 7) is 7.19. The summed E-state index contributed by atoms with van der Waals surface area (Å²) < 4.78 is 32.2. The smallest absolute Gasteiger partial charge is 0.251 e. The first-order chi connectivity index (χ1) is 12.4. The van der Waals surface area contributed by atoms with Gasteiger partial charge in [-0.15, -0.1) is 0 Å². The first-order valence-corrected chi connectivity index (χ1v) is 10.8. The Morgan fingerprint density at radius 2 is 2.08 bits per heavy atom. The molecule has 1 aromatic rings. The molecule has 6 nitrogen and oxygen atoms in total. The molecule has 0 unspecified atom stereocenters. The number of carbonyl (C=O) groups is 1. The Balaban J connectivity index is 2.00. The van der Waals surface area contributed by atoms with Gasteiger partial charge in [-0.1, -0.05) is 19.9 Å². The third-order valence-electron chi connectivity index (χ3n) is 4.76. The topological polar surface area (TPSA) is 75.7 Å². The summed E-state index contributed by atoms with van der Waals surface area (Å²) in [5.74, 6) is -0.249. The molecule has 7 heteroatoms. The maximum Gasteiger partial charge on any atom is 0.251 e. The molecule has 1 aliphatic rings. The lowest BCUT2D eigenvalue weighted by Crippen LogP contribution is -2.34. The normalized spacial score (nSPS) is 18.8. The van der Waals surface area contributed by atoms with Gasteiger partial charge in [-0.05, 0) is 50.8 Å². The van der Waals surface area contributed by atoms with Crippen LogP contribution in [-0.4, -0.2) is 50.5 Å². The number of hydrogen-bond donors (Lipinski definition) is 1. The lowest BCUT2D eigenvalue weighted by atomic mass is 10.1. The second-order valence-corrected chi connectivity index (χ2v) is 8.64. The van der Waals surface area contributed by atoms with Gasteiger partial charge >= 0.3 is 0 Å². The van der Waals surface area contributed by atoms with Gasteiger partial charge in [0.1, 0.15) is 0 Å². The van der Waals surface area contributed by atoms with E-state index in [0.29, 0.717) is 24.8 Å². The lowest BCUT2D eigenvalue weighted by Gasteiger charge is -2.19. The van der Waals surface area contributed by atoms with E-state index in [0.717, 1.165) is 32.3 Å². The SMILES string of the molecule is CCN(CC)S(=O)(=O)c1cccc(C(=O)N[C@H](C)CC[C@@H]2CCCO2)c1. The van der Waals surface area contributed by atoms with E-state index in [4.69, 9.17) is 4.74 Å². The fourth-order valence-corrected chi connectivity index (χ4v) is 4.70. The molecule has 1 saturated heterocycles. The van der Waals surface area contributed by atoms with Crippen LogP contribution in [-0.2, 0) is 14.8 Å². The Morgan fingerprint density at radius 1 is 1.35 bits per heavy atom. The van der Waals surface area contributed by atoms with Crippen LogP contribution in [0.15, 0.2) is 29.2 Å². The quantitative estimate of drug-likeness (QED) is 0.713. The number of hydrogen-bond acceptors (Lipinski definition) is 4. The molecule has 146 valence electrons. The largest absolute Gasteiger partial charge is 0.378 e. The van der Waals surface area contributed by atoms with Crippen LogP contribution in [0.3, 0.4) is 0 Å². The van der Waals surface area contributed by atoms with Crippen molar-refractivity contribution in [2.75, 3.05) is 19.7 Å². The summed E-state index contributed by atoms with van der Waals surface area (Å²) in [7, 11) is -3.57. The van der Waals surface area contributed by atoms with Gasteiger partial charge in [-0.2, -0.15) is 4.31 Å². The summed E-state index contributed by atoms with van der Waals surface area (Å²) in [6.07, 6.45) is 4.27. The summed E-state index contributed by atoms with van der Waals surface area (Å²) in [5.41, 5.74) is 0.363.